The Kier molecular flexibility index (Phi) is 7.34. The standard InChI is InChI=1S/C11H24N2O2/c1-8(2)10(4)13-11(15)6-12-5-9(3)7-14/h8-10,12,14H,5-7H2,1-4H3,(H,13,15). The third-order valence-corrected chi connectivity index (χ3v) is 2.48. The van der Waals surface area contributed by atoms with Gasteiger partial charge in [-0.25, -0.2) is 0 Å². The van der Waals surface area contributed by atoms with E-state index in [1.54, 1.807) is 0 Å². The van der Waals surface area contributed by atoms with Crippen molar-refractivity contribution in [2.24, 2.45) is 11.8 Å². The molecule has 0 saturated carbocycles. The molecule has 2 atom stereocenters. The Balaban J connectivity index is 3.58. The highest BCUT2D eigenvalue weighted by Gasteiger charge is 2.10. The van der Waals surface area contributed by atoms with Crippen molar-refractivity contribution in [2.75, 3.05) is 19.7 Å². The van der Waals surface area contributed by atoms with Gasteiger partial charge in [0.2, 0.25) is 5.91 Å². The predicted octanol–water partition coefficient (Wildman–Crippen LogP) is 0.365. The Morgan fingerprint density at radius 3 is 2.33 bits per heavy atom. The highest BCUT2D eigenvalue weighted by molar-refractivity contribution is 5.78. The SMILES string of the molecule is CC(CO)CNCC(=O)NC(C)C(C)C. The van der Waals surface area contributed by atoms with Gasteiger partial charge in [0.25, 0.3) is 0 Å². The summed E-state index contributed by atoms with van der Waals surface area (Å²) in [6, 6.07) is 0.203. The number of hydrogen-bond donors (Lipinski definition) is 3. The molecule has 0 fully saturated rings. The molecule has 4 heteroatoms. The van der Waals surface area contributed by atoms with Crippen LogP contribution >= 0.6 is 0 Å². The molecule has 0 aromatic heterocycles. The van der Waals surface area contributed by atoms with Crippen LogP contribution in [0.2, 0.25) is 0 Å². The zero-order valence-electron chi connectivity index (χ0n) is 10.2. The molecule has 0 radical (unpaired) electrons. The van der Waals surface area contributed by atoms with E-state index in [1.807, 2.05) is 13.8 Å². The van der Waals surface area contributed by atoms with Gasteiger partial charge in [-0.2, -0.15) is 0 Å². The molecular formula is C11H24N2O2. The second-order valence-electron chi connectivity index (χ2n) is 4.52. The summed E-state index contributed by atoms with van der Waals surface area (Å²) in [5.41, 5.74) is 0. The number of carbonyl (C=O) groups excluding carboxylic acids is 1. The van der Waals surface area contributed by atoms with Gasteiger partial charge in [0.1, 0.15) is 0 Å². The van der Waals surface area contributed by atoms with E-state index in [2.05, 4.69) is 24.5 Å². The van der Waals surface area contributed by atoms with E-state index in [1.165, 1.54) is 0 Å². The van der Waals surface area contributed by atoms with Gasteiger partial charge in [-0.1, -0.05) is 20.8 Å². The Bertz CT molecular complexity index is 183. The van der Waals surface area contributed by atoms with Gasteiger partial charge in [0.15, 0.2) is 0 Å². The highest BCUT2D eigenvalue weighted by atomic mass is 16.3. The molecule has 3 N–H and O–H groups in total. The van der Waals surface area contributed by atoms with Crippen LogP contribution in [-0.4, -0.2) is 36.8 Å². The maximum absolute atomic E-state index is 11.4. The lowest BCUT2D eigenvalue weighted by atomic mass is 10.1. The van der Waals surface area contributed by atoms with E-state index >= 15 is 0 Å². The van der Waals surface area contributed by atoms with Gasteiger partial charge in [0, 0.05) is 19.2 Å². The molecule has 4 nitrogen and oxygen atoms in total. The number of carbonyl (C=O) groups is 1. The van der Waals surface area contributed by atoms with Crippen molar-refractivity contribution in [2.45, 2.75) is 33.7 Å². The third-order valence-electron chi connectivity index (χ3n) is 2.48. The van der Waals surface area contributed by atoms with Crippen molar-refractivity contribution in [3.63, 3.8) is 0 Å². The summed E-state index contributed by atoms with van der Waals surface area (Å²) in [4.78, 5) is 11.4. The van der Waals surface area contributed by atoms with Crippen molar-refractivity contribution in [3.05, 3.63) is 0 Å². The van der Waals surface area contributed by atoms with E-state index in [0.717, 1.165) is 0 Å². The van der Waals surface area contributed by atoms with E-state index in [0.29, 0.717) is 19.0 Å². The fraction of sp³-hybridized carbons (Fsp3) is 0.909. The lowest BCUT2D eigenvalue weighted by Gasteiger charge is -2.18. The molecule has 1 amide bonds. The Morgan fingerprint density at radius 2 is 1.87 bits per heavy atom. The van der Waals surface area contributed by atoms with E-state index in [4.69, 9.17) is 5.11 Å². The summed E-state index contributed by atoms with van der Waals surface area (Å²) < 4.78 is 0. The number of hydrogen-bond acceptors (Lipinski definition) is 3. The predicted molar refractivity (Wildman–Crippen MR) is 61.6 cm³/mol. The minimum atomic E-state index is 0.0151. The Morgan fingerprint density at radius 1 is 1.27 bits per heavy atom. The molecule has 0 saturated heterocycles. The van der Waals surface area contributed by atoms with Crippen LogP contribution in [0.25, 0.3) is 0 Å². The summed E-state index contributed by atoms with van der Waals surface area (Å²) in [5, 5.41) is 14.7. The fourth-order valence-corrected chi connectivity index (χ4v) is 0.968. The minimum absolute atomic E-state index is 0.0151. The van der Waals surface area contributed by atoms with Crippen LogP contribution in [0.3, 0.4) is 0 Å². The van der Waals surface area contributed by atoms with Crippen molar-refractivity contribution in [1.29, 1.82) is 0 Å². The molecule has 0 aliphatic rings. The summed E-state index contributed by atoms with van der Waals surface area (Å²) in [6.45, 7) is 9.22. The van der Waals surface area contributed by atoms with Gasteiger partial charge in [-0.15, -0.1) is 0 Å². The average Bonchev–Trinajstić information content (AvgIpc) is 2.17. The first-order valence-electron chi connectivity index (χ1n) is 5.58. The number of aliphatic hydroxyl groups is 1. The Labute approximate surface area is 92.4 Å². The van der Waals surface area contributed by atoms with Crippen molar-refractivity contribution >= 4 is 5.91 Å². The maximum atomic E-state index is 11.4. The first kappa shape index (κ1) is 14.4. The van der Waals surface area contributed by atoms with Crippen LogP contribution in [-0.2, 0) is 4.79 Å². The Hall–Kier alpha value is -0.610. The quantitative estimate of drug-likeness (QED) is 0.576. The summed E-state index contributed by atoms with van der Waals surface area (Å²) >= 11 is 0. The van der Waals surface area contributed by atoms with Crippen LogP contribution in [0.5, 0.6) is 0 Å². The molecule has 0 aliphatic carbocycles. The average molecular weight is 216 g/mol. The van der Waals surface area contributed by atoms with E-state index in [-0.39, 0.29) is 24.5 Å². The van der Waals surface area contributed by atoms with E-state index in [9.17, 15) is 4.79 Å². The summed E-state index contributed by atoms with van der Waals surface area (Å²) in [6.07, 6.45) is 0. The number of aliphatic hydroxyl groups excluding tert-OH is 1. The largest absolute Gasteiger partial charge is 0.396 e. The summed E-state index contributed by atoms with van der Waals surface area (Å²) in [7, 11) is 0. The van der Waals surface area contributed by atoms with Gasteiger partial charge < -0.3 is 15.7 Å². The van der Waals surface area contributed by atoms with Crippen LogP contribution in [0.4, 0.5) is 0 Å². The van der Waals surface area contributed by atoms with Crippen molar-refractivity contribution < 1.29 is 9.90 Å². The zero-order valence-corrected chi connectivity index (χ0v) is 10.2. The minimum Gasteiger partial charge on any atom is -0.396 e. The van der Waals surface area contributed by atoms with Gasteiger partial charge in [-0.05, 0) is 18.8 Å². The smallest absolute Gasteiger partial charge is 0.234 e. The first-order valence-corrected chi connectivity index (χ1v) is 5.58. The first-order chi connectivity index (χ1) is 6.97. The van der Waals surface area contributed by atoms with Gasteiger partial charge in [-0.3, -0.25) is 4.79 Å². The number of rotatable bonds is 7. The fourth-order valence-electron chi connectivity index (χ4n) is 0.968. The molecular weight excluding hydrogens is 192 g/mol. The summed E-state index contributed by atoms with van der Waals surface area (Å²) in [5.74, 6) is 0.659. The topological polar surface area (TPSA) is 61.4 Å². The van der Waals surface area contributed by atoms with Gasteiger partial charge in [0.05, 0.1) is 6.54 Å². The molecule has 0 bridgehead atoms. The molecule has 0 spiro atoms. The van der Waals surface area contributed by atoms with Crippen LogP contribution in [0.1, 0.15) is 27.7 Å². The number of amides is 1. The molecule has 15 heavy (non-hydrogen) atoms. The van der Waals surface area contributed by atoms with Crippen molar-refractivity contribution in [1.82, 2.24) is 10.6 Å². The molecule has 0 aromatic rings. The lowest BCUT2D eigenvalue weighted by Crippen LogP contribution is -2.42. The second kappa shape index (κ2) is 7.65. The normalized spacial score (nSPS) is 15.1. The maximum Gasteiger partial charge on any atom is 0.234 e. The molecule has 0 heterocycles. The molecule has 0 aromatic carbocycles. The molecule has 0 rings (SSSR count). The monoisotopic (exact) mass is 216 g/mol. The van der Waals surface area contributed by atoms with Crippen LogP contribution in [0, 0.1) is 11.8 Å². The van der Waals surface area contributed by atoms with Crippen LogP contribution in [0.15, 0.2) is 0 Å². The highest BCUT2D eigenvalue weighted by Crippen LogP contribution is 1.98. The van der Waals surface area contributed by atoms with Crippen molar-refractivity contribution in [3.8, 4) is 0 Å². The molecule has 90 valence electrons. The number of nitrogens with one attached hydrogen (secondary N) is 2. The zero-order chi connectivity index (χ0) is 11.8. The second-order valence-corrected chi connectivity index (χ2v) is 4.52. The van der Waals surface area contributed by atoms with Gasteiger partial charge >= 0.3 is 0 Å². The third kappa shape index (κ3) is 7.33. The molecule has 2 unspecified atom stereocenters. The lowest BCUT2D eigenvalue weighted by molar-refractivity contribution is -0.121. The molecule has 0 aliphatic heterocycles. The van der Waals surface area contributed by atoms with Crippen LogP contribution < -0.4 is 10.6 Å². The van der Waals surface area contributed by atoms with E-state index < -0.39 is 0 Å².